The van der Waals surface area contributed by atoms with Crippen LogP contribution in [0, 0.1) is 5.92 Å². The Morgan fingerprint density at radius 3 is 2.56 bits per heavy atom. The van der Waals surface area contributed by atoms with Crippen molar-refractivity contribution in [3.63, 3.8) is 0 Å². The minimum Gasteiger partial charge on any atom is -0.383 e. The zero-order chi connectivity index (χ0) is 13.4. The molecule has 0 amide bonds. The van der Waals surface area contributed by atoms with Crippen LogP contribution in [0.25, 0.3) is 0 Å². The van der Waals surface area contributed by atoms with Gasteiger partial charge in [0.1, 0.15) is 0 Å². The summed E-state index contributed by atoms with van der Waals surface area (Å²) < 4.78 is 33.5. The largest absolute Gasteiger partial charge is 0.383 e. The van der Waals surface area contributed by atoms with Gasteiger partial charge in [0.05, 0.1) is 6.61 Å². The Kier molecular flexibility index (Phi) is 7.10. The zero-order valence-corrected chi connectivity index (χ0v) is 11.8. The van der Waals surface area contributed by atoms with Crippen molar-refractivity contribution < 1.29 is 13.2 Å². The lowest BCUT2D eigenvalue weighted by Gasteiger charge is -2.29. The highest BCUT2D eigenvalue weighted by Crippen LogP contribution is 2.26. The highest BCUT2D eigenvalue weighted by Gasteiger charge is 2.26. The number of nitrogens with two attached hydrogens (primary N) is 1. The fourth-order valence-electron chi connectivity index (χ4n) is 2.39. The normalized spacial score (nSPS) is 19.9. The monoisotopic (exact) mass is 279 g/mol. The lowest BCUT2D eigenvalue weighted by Crippen LogP contribution is -2.50. The number of hydrogen-bond acceptors (Lipinski definition) is 4. The maximum atomic E-state index is 11.8. The van der Waals surface area contributed by atoms with Gasteiger partial charge in [-0.25, -0.2) is 0 Å². The van der Waals surface area contributed by atoms with Crippen molar-refractivity contribution in [2.45, 2.75) is 38.1 Å². The molecule has 0 aromatic rings. The Labute approximate surface area is 110 Å². The maximum Gasteiger partial charge on any atom is 0.277 e. The molecule has 6 nitrogen and oxygen atoms in total. The quantitative estimate of drug-likeness (QED) is 0.544. The molecule has 108 valence electrons. The number of ether oxygens (including phenoxy) is 1. The summed E-state index contributed by atoms with van der Waals surface area (Å²) in [6, 6.07) is -0.162. The van der Waals surface area contributed by atoms with Gasteiger partial charge in [-0.1, -0.05) is 19.3 Å². The van der Waals surface area contributed by atoms with Crippen molar-refractivity contribution in [1.82, 2.24) is 9.44 Å². The lowest BCUT2D eigenvalue weighted by molar-refractivity contribution is 0.204. The molecule has 1 rings (SSSR count). The smallest absolute Gasteiger partial charge is 0.277 e. The third kappa shape index (κ3) is 5.62. The molecule has 0 aromatic heterocycles. The molecular formula is C11H25N3O3S. The van der Waals surface area contributed by atoms with E-state index in [-0.39, 0.29) is 12.6 Å². The molecule has 0 aliphatic heterocycles. The second kappa shape index (κ2) is 8.06. The van der Waals surface area contributed by atoms with Gasteiger partial charge in [0.2, 0.25) is 0 Å². The van der Waals surface area contributed by atoms with Gasteiger partial charge in [-0.3, -0.25) is 0 Å². The molecule has 7 heteroatoms. The lowest BCUT2D eigenvalue weighted by atomic mass is 9.84. The molecule has 0 radical (unpaired) electrons. The van der Waals surface area contributed by atoms with E-state index in [1.807, 2.05) is 0 Å². The van der Waals surface area contributed by atoms with E-state index in [4.69, 9.17) is 10.5 Å². The summed E-state index contributed by atoms with van der Waals surface area (Å²) in [5.74, 6) is 0.364. The Morgan fingerprint density at radius 2 is 2.00 bits per heavy atom. The van der Waals surface area contributed by atoms with E-state index in [1.165, 1.54) is 26.4 Å². The van der Waals surface area contributed by atoms with E-state index in [2.05, 4.69) is 9.44 Å². The number of hydrogen-bond donors (Lipinski definition) is 3. The molecule has 4 N–H and O–H groups in total. The second-order valence-corrected chi connectivity index (χ2v) is 6.28. The van der Waals surface area contributed by atoms with Crippen LogP contribution in [-0.2, 0) is 14.9 Å². The van der Waals surface area contributed by atoms with Gasteiger partial charge >= 0.3 is 0 Å². The van der Waals surface area contributed by atoms with Crippen LogP contribution < -0.4 is 15.2 Å². The van der Waals surface area contributed by atoms with Crippen LogP contribution in [-0.4, -0.2) is 41.3 Å². The molecule has 1 aliphatic rings. The molecule has 1 aliphatic carbocycles. The highest BCUT2D eigenvalue weighted by molar-refractivity contribution is 7.87. The summed E-state index contributed by atoms with van der Waals surface area (Å²) in [4.78, 5) is 0. The van der Waals surface area contributed by atoms with Crippen LogP contribution in [0.4, 0.5) is 0 Å². The third-order valence-electron chi connectivity index (χ3n) is 3.38. The summed E-state index contributed by atoms with van der Waals surface area (Å²) in [7, 11) is -1.94. The SMILES string of the molecule is COCCNS(=O)(=O)NC(CN)C1CCCCC1. The van der Waals surface area contributed by atoms with Gasteiger partial charge in [0.15, 0.2) is 0 Å². The van der Waals surface area contributed by atoms with E-state index >= 15 is 0 Å². The van der Waals surface area contributed by atoms with Crippen LogP contribution in [0.3, 0.4) is 0 Å². The predicted octanol–water partition coefficient (Wildman–Crippen LogP) is -0.0356. The van der Waals surface area contributed by atoms with Crippen LogP contribution in [0.2, 0.25) is 0 Å². The van der Waals surface area contributed by atoms with Gasteiger partial charge in [0.25, 0.3) is 10.2 Å². The van der Waals surface area contributed by atoms with Crippen LogP contribution in [0.5, 0.6) is 0 Å². The number of methoxy groups -OCH3 is 1. The van der Waals surface area contributed by atoms with Crippen molar-refractivity contribution in [1.29, 1.82) is 0 Å². The predicted molar refractivity (Wildman–Crippen MR) is 71.4 cm³/mol. The Balaban J connectivity index is 2.45. The number of nitrogens with one attached hydrogen (secondary N) is 2. The van der Waals surface area contributed by atoms with Gasteiger partial charge in [-0.2, -0.15) is 17.9 Å². The molecule has 1 atom stereocenters. The van der Waals surface area contributed by atoms with Gasteiger partial charge in [-0.05, 0) is 18.8 Å². The molecular weight excluding hydrogens is 254 g/mol. The van der Waals surface area contributed by atoms with Crippen LogP contribution in [0.15, 0.2) is 0 Å². The average molecular weight is 279 g/mol. The van der Waals surface area contributed by atoms with Crippen molar-refractivity contribution in [2.75, 3.05) is 26.8 Å². The molecule has 1 saturated carbocycles. The summed E-state index contributed by atoms with van der Waals surface area (Å²) in [6.07, 6.45) is 5.69. The summed E-state index contributed by atoms with van der Waals surface area (Å²) >= 11 is 0. The minimum atomic E-state index is -3.47. The van der Waals surface area contributed by atoms with Crippen LogP contribution in [0.1, 0.15) is 32.1 Å². The Bertz CT molecular complexity index is 315. The molecule has 1 unspecified atom stereocenters. The average Bonchev–Trinajstić information content (AvgIpc) is 2.37. The highest BCUT2D eigenvalue weighted by atomic mass is 32.2. The summed E-state index contributed by atoms with van der Waals surface area (Å²) in [5, 5.41) is 0. The molecule has 1 fully saturated rings. The first-order valence-corrected chi connectivity index (χ1v) is 8.03. The first-order chi connectivity index (χ1) is 8.59. The van der Waals surface area contributed by atoms with E-state index in [0.29, 0.717) is 19.1 Å². The van der Waals surface area contributed by atoms with E-state index in [0.717, 1.165) is 12.8 Å². The fourth-order valence-corrected chi connectivity index (χ4v) is 3.52. The van der Waals surface area contributed by atoms with E-state index in [9.17, 15) is 8.42 Å². The van der Waals surface area contributed by atoms with Crippen LogP contribution >= 0.6 is 0 Å². The molecule has 0 heterocycles. The molecule has 0 saturated heterocycles. The zero-order valence-electron chi connectivity index (χ0n) is 11.0. The van der Waals surface area contributed by atoms with Gasteiger partial charge in [0, 0.05) is 26.2 Å². The topological polar surface area (TPSA) is 93.4 Å². The van der Waals surface area contributed by atoms with Crippen molar-refractivity contribution in [2.24, 2.45) is 11.7 Å². The summed E-state index contributed by atoms with van der Waals surface area (Å²) in [5.41, 5.74) is 5.69. The van der Waals surface area contributed by atoms with E-state index in [1.54, 1.807) is 0 Å². The second-order valence-electron chi connectivity index (χ2n) is 4.75. The standard InChI is InChI=1S/C11H25N3O3S/c1-17-8-7-13-18(15,16)14-11(9-12)10-5-3-2-4-6-10/h10-11,13-14H,2-9,12H2,1H3. The third-order valence-corrected chi connectivity index (χ3v) is 4.57. The maximum absolute atomic E-state index is 11.8. The Morgan fingerprint density at radius 1 is 1.33 bits per heavy atom. The molecule has 18 heavy (non-hydrogen) atoms. The van der Waals surface area contributed by atoms with Crippen molar-refractivity contribution >= 4 is 10.2 Å². The molecule has 0 bridgehead atoms. The van der Waals surface area contributed by atoms with Gasteiger partial charge < -0.3 is 10.5 Å². The first-order valence-electron chi connectivity index (χ1n) is 6.55. The summed E-state index contributed by atoms with van der Waals surface area (Å²) in [6.45, 7) is 0.973. The fraction of sp³-hybridized carbons (Fsp3) is 1.00. The molecule has 0 spiro atoms. The van der Waals surface area contributed by atoms with Crippen molar-refractivity contribution in [3.05, 3.63) is 0 Å². The van der Waals surface area contributed by atoms with E-state index < -0.39 is 10.2 Å². The first kappa shape index (κ1) is 15.8. The minimum absolute atomic E-state index is 0.162. The van der Waals surface area contributed by atoms with Crippen molar-refractivity contribution in [3.8, 4) is 0 Å². The van der Waals surface area contributed by atoms with Gasteiger partial charge in [-0.15, -0.1) is 0 Å². The number of rotatable bonds is 8. The Hall–Kier alpha value is -0.210. The molecule has 0 aromatic carbocycles.